The molecule has 3 N–H and O–H groups in total. The van der Waals surface area contributed by atoms with Gasteiger partial charge in [-0.3, -0.25) is 14.9 Å². The number of carboxylic acids is 1. The highest BCUT2D eigenvalue weighted by atomic mass is 16.5. The first-order chi connectivity index (χ1) is 9.97. The summed E-state index contributed by atoms with van der Waals surface area (Å²) in [7, 11) is 1.57. The second-order valence-electron chi connectivity index (χ2n) is 4.72. The molecule has 0 aliphatic rings. The van der Waals surface area contributed by atoms with Crippen molar-refractivity contribution in [2.45, 2.75) is 32.2 Å². The average Bonchev–Trinajstić information content (AvgIpc) is 2.49. The molecule has 0 saturated heterocycles. The van der Waals surface area contributed by atoms with Gasteiger partial charge in [0.2, 0.25) is 5.91 Å². The molecule has 0 fully saturated rings. The van der Waals surface area contributed by atoms with Gasteiger partial charge < -0.3 is 15.2 Å². The van der Waals surface area contributed by atoms with E-state index < -0.39 is 11.5 Å². The lowest BCUT2D eigenvalue weighted by molar-refractivity contribution is -0.145. The van der Waals surface area contributed by atoms with Gasteiger partial charge in [-0.05, 0) is 37.1 Å². The monoisotopic (exact) mass is 294 g/mol. The maximum absolute atomic E-state index is 11.9. The van der Waals surface area contributed by atoms with Crippen molar-refractivity contribution < 1.29 is 19.4 Å². The van der Waals surface area contributed by atoms with E-state index in [0.29, 0.717) is 24.3 Å². The third kappa shape index (κ3) is 4.46. The summed E-state index contributed by atoms with van der Waals surface area (Å²) in [6.45, 7) is 3.51. The van der Waals surface area contributed by atoms with Crippen LogP contribution in [0.3, 0.4) is 0 Å². The predicted molar refractivity (Wildman–Crippen MR) is 80.6 cm³/mol. The fourth-order valence-electron chi connectivity index (χ4n) is 2.01. The van der Waals surface area contributed by atoms with Crippen molar-refractivity contribution in [3.63, 3.8) is 0 Å². The first kappa shape index (κ1) is 17.0. The fraction of sp³-hybridized carbons (Fsp3) is 0.467. The van der Waals surface area contributed by atoms with Crippen LogP contribution in [-0.4, -0.2) is 36.2 Å². The van der Waals surface area contributed by atoms with Crippen molar-refractivity contribution in [2.75, 3.05) is 19.0 Å². The molecular weight excluding hydrogens is 272 g/mol. The average molecular weight is 294 g/mol. The van der Waals surface area contributed by atoms with Gasteiger partial charge >= 0.3 is 5.97 Å². The van der Waals surface area contributed by atoms with Crippen LogP contribution in [0.15, 0.2) is 24.3 Å². The molecule has 0 bridgehead atoms. The Hall–Kier alpha value is -2.08. The Morgan fingerprint density at radius 2 is 1.76 bits per heavy atom. The van der Waals surface area contributed by atoms with Crippen LogP contribution >= 0.6 is 0 Å². The first-order valence-electron chi connectivity index (χ1n) is 6.89. The van der Waals surface area contributed by atoms with Crippen LogP contribution in [0.1, 0.15) is 26.7 Å². The van der Waals surface area contributed by atoms with E-state index in [0.717, 1.165) is 0 Å². The van der Waals surface area contributed by atoms with Crippen molar-refractivity contribution >= 4 is 17.6 Å². The van der Waals surface area contributed by atoms with Crippen molar-refractivity contribution in [2.24, 2.45) is 0 Å². The molecule has 6 heteroatoms. The summed E-state index contributed by atoms with van der Waals surface area (Å²) in [6.07, 6.45) is 0.823. The van der Waals surface area contributed by atoms with Gasteiger partial charge in [0.1, 0.15) is 11.3 Å². The number of methoxy groups -OCH3 is 1. The van der Waals surface area contributed by atoms with E-state index in [1.54, 1.807) is 45.2 Å². The summed E-state index contributed by atoms with van der Waals surface area (Å²) >= 11 is 0. The van der Waals surface area contributed by atoms with E-state index in [-0.39, 0.29) is 12.5 Å². The molecule has 1 aromatic carbocycles. The van der Waals surface area contributed by atoms with Crippen LogP contribution < -0.4 is 15.4 Å². The van der Waals surface area contributed by atoms with E-state index in [1.807, 2.05) is 0 Å². The quantitative estimate of drug-likeness (QED) is 0.681. The Bertz CT molecular complexity index is 481. The number of anilines is 1. The Morgan fingerprint density at radius 1 is 1.19 bits per heavy atom. The molecule has 1 amide bonds. The molecule has 0 heterocycles. The van der Waals surface area contributed by atoms with Gasteiger partial charge in [0, 0.05) is 5.69 Å². The van der Waals surface area contributed by atoms with Crippen molar-refractivity contribution in [3.05, 3.63) is 24.3 Å². The summed E-state index contributed by atoms with van der Waals surface area (Å²) in [5.74, 6) is -0.523. The Morgan fingerprint density at radius 3 is 2.19 bits per heavy atom. The molecular formula is C15H22N2O4. The van der Waals surface area contributed by atoms with Gasteiger partial charge in [0.15, 0.2) is 0 Å². The number of carbonyl (C=O) groups is 2. The number of rotatable bonds is 8. The molecule has 0 aliphatic heterocycles. The summed E-state index contributed by atoms with van der Waals surface area (Å²) in [5.41, 5.74) is -0.423. The van der Waals surface area contributed by atoms with Crippen molar-refractivity contribution in [3.8, 4) is 5.75 Å². The Labute approximate surface area is 124 Å². The zero-order valence-electron chi connectivity index (χ0n) is 12.6. The molecule has 1 rings (SSSR count). The number of carbonyl (C=O) groups excluding carboxylic acids is 1. The summed E-state index contributed by atoms with van der Waals surface area (Å²) in [4.78, 5) is 23.2. The van der Waals surface area contributed by atoms with Gasteiger partial charge in [-0.1, -0.05) is 13.8 Å². The zero-order valence-corrected chi connectivity index (χ0v) is 12.6. The lowest BCUT2D eigenvalue weighted by atomic mass is 9.93. The van der Waals surface area contributed by atoms with Gasteiger partial charge in [-0.15, -0.1) is 0 Å². The van der Waals surface area contributed by atoms with E-state index in [4.69, 9.17) is 4.74 Å². The Kier molecular flexibility index (Phi) is 6.17. The lowest BCUT2D eigenvalue weighted by Crippen LogP contribution is -2.53. The van der Waals surface area contributed by atoms with Crippen LogP contribution in [0.2, 0.25) is 0 Å². The van der Waals surface area contributed by atoms with E-state index in [1.165, 1.54) is 0 Å². The molecule has 1 aromatic rings. The van der Waals surface area contributed by atoms with E-state index >= 15 is 0 Å². The fourth-order valence-corrected chi connectivity index (χ4v) is 2.01. The van der Waals surface area contributed by atoms with E-state index in [9.17, 15) is 14.7 Å². The number of benzene rings is 1. The number of aliphatic carboxylic acids is 1. The minimum Gasteiger partial charge on any atom is -0.497 e. The number of hydrogen-bond acceptors (Lipinski definition) is 4. The summed E-state index contributed by atoms with van der Waals surface area (Å²) < 4.78 is 5.03. The maximum atomic E-state index is 11.9. The highest BCUT2D eigenvalue weighted by Crippen LogP contribution is 2.16. The normalized spacial score (nSPS) is 11.0. The molecule has 6 nitrogen and oxygen atoms in total. The van der Waals surface area contributed by atoms with Gasteiger partial charge in [-0.25, -0.2) is 0 Å². The minimum atomic E-state index is -1.06. The van der Waals surface area contributed by atoms with E-state index in [2.05, 4.69) is 10.6 Å². The predicted octanol–water partition coefficient (Wildman–Crippen LogP) is 1.87. The van der Waals surface area contributed by atoms with Crippen LogP contribution in [-0.2, 0) is 9.59 Å². The Balaban J connectivity index is 2.58. The van der Waals surface area contributed by atoms with Gasteiger partial charge in [-0.2, -0.15) is 0 Å². The molecule has 0 aromatic heterocycles. The third-order valence-corrected chi connectivity index (χ3v) is 3.58. The standard InChI is InChI=1S/C15H22N2O4/c1-4-15(5-2,14(19)20)16-10-13(18)17-11-6-8-12(21-3)9-7-11/h6-9,16H,4-5,10H2,1-3H3,(H,17,18)(H,19,20). The number of hydrogen-bond donors (Lipinski definition) is 3. The molecule has 0 radical (unpaired) electrons. The molecule has 0 unspecified atom stereocenters. The number of nitrogens with one attached hydrogen (secondary N) is 2. The molecule has 0 spiro atoms. The van der Waals surface area contributed by atoms with Gasteiger partial charge in [0.05, 0.1) is 13.7 Å². The molecule has 21 heavy (non-hydrogen) atoms. The number of amides is 1. The SMILES string of the molecule is CCC(CC)(NCC(=O)Nc1ccc(OC)cc1)C(=O)O. The van der Waals surface area contributed by atoms with Crippen LogP contribution in [0, 0.1) is 0 Å². The van der Waals surface area contributed by atoms with Gasteiger partial charge in [0.25, 0.3) is 0 Å². The maximum Gasteiger partial charge on any atom is 0.323 e. The van der Waals surface area contributed by atoms with Crippen LogP contribution in [0.4, 0.5) is 5.69 Å². The molecule has 0 aliphatic carbocycles. The first-order valence-corrected chi connectivity index (χ1v) is 6.89. The molecule has 0 saturated carbocycles. The van der Waals surface area contributed by atoms with Crippen molar-refractivity contribution in [1.82, 2.24) is 5.32 Å². The second-order valence-corrected chi connectivity index (χ2v) is 4.72. The minimum absolute atomic E-state index is 0.0555. The van der Waals surface area contributed by atoms with Crippen molar-refractivity contribution in [1.29, 1.82) is 0 Å². The molecule has 116 valence electrons. The van der Waals surface area contributed by atoms with Crippen LogP contribution in [0.25, 0.3) is 0 Å². The number of ether oxygens (including phenoxy) is 1. The number of carboxylic acid groups (broad SMARTS) is 1. The smallest absolute Gasteiger partial charge is 0.323 e. The zero-order chi connectivity index (χ0) is 15.9. The largest absolute Gasteiger partial charge is 0.497 e. The summed E-state index contributed by atoms with van der Waals surface area (Å²) in [5, 5.41) is 14.8. The molecule has 0 atom stereocenters. The highest BCUT2D eigenvalue weighted by Gasteiger charge is 2.34. The van der Waals surface area contributed by atoms with Crippen LogP contribution in [0.5, 0.6) is 5.75 Å². The topological polar surface area (TPSA) is 87.7 Å². The second kappa shape index (κ2) is 7.64. The third-order valence-electron chi connectivity index (χ3n) is 3.58. The lowest BCUT2D eigenvalue weighted by Gasteiger charge is -2.27. The highest BCUT2D eigenvalue weighted by molar-refractivity contribution is 5.93. The summed E-state index contributed by atoms with van der Waals surface area (Å²) in [6, 6.07) is 6.92.